The van der Waals surface area contributed by atoms with Crippen LogP contribution in [0.5, 0.6) is 5.75 Å². The Morgan fingerprint density at radius 2 is 2.06 bits per heavy atom. The quantitative estimate of drug-likeness (QED) is 0.274. The molecule has 1 unspecified atom stereocenters. The van der Waals surface area contributed by atoms with Gasteiger partial charge in [0.1, 0.15) is 11.2 Å². The average Bonchev–Trinajstić information content (AvgIpc) is 3.07. The highest BCUT2D eigenvalue weighted by atomic mass is 32.2. The molecule has 6 atom stereocenters. The van der Waals surface area contributed by atoms with Crippen LogP contribution in [0.15, 0.2) is 30.9 Å². The van der Waals surface area contributed by atoms with Crippen molar-refractivity contribution in [3.8, 4) is 11.2 Å². The molecule has 0 spiro atoms. The van der Waals surface area contributed by atoms with Gasteiger partial charge in [0, 0.05) is 5.75 Å². The fraction of sp³-hybridized carbons (Fsp3) is 0.667. The van der Waals surface area contributed by atoms with Crippen LogP contribution in [-0.2, 0) is 6.42 Å². The normalized spacial score (nSPS) is 36.2. The van der Waals surface area contributed by atoms with Gasteiger partial charge in [0.25, 0.3) is 0 Å². The highest BCUT2D eigenvalue weighted by Crippen LogP contribution is 2.69. The van der Waals surface area contributed by atoms with Gasteiger partial charge in [-0.25, -0.2) is 0 Å². The molecule has 4 rings (SSSR count). The zero-order valence-corrected chi connectivity index (χ0v) is 19.7. The minimum Gasteiger partial charge on any atom is -0.508 e. The van der Waals surface area contributed by atoms with Crippen molar-refractivity contribution in [3.05, 3.63) is 42.0 Å². The summed E-state index contributed by atoms with van der Waals surface area (Å²) in [5.74, 6) is 2.76. The van der Waals surface area contributed by atoms with Gasteiger partial charge in [0.15, 0.2) is 0 Å². The lowest BCUT2D eigenvalue weighted by molar-refractivity contribution is -0.0812. The summed E-state index contributed by atoms with van der Waals surface area (Å²) in [6.45, 7) is 6.72. The van der Waals surface area contributed by atoms with Gasteiger partial charge in [-0.15, -0.1) is 6.58 Å². The number of unbranched alkanes of at least 4 members (excludes halogenated alkanes) is 3. The van der Waals surface area contributed by atoms with Gasteiger partial charge in [-0.05, 0) is 109 Å². The number of nitriles is 1. The molecule has 4 heteroatoms. The first-order chi connectivity index (χ1) is 15.0. The number of aliphatic hydroxyl groups excluding tert-OH is 1. The fourth-order valence-corrected chi connectivity index (χ4v) is 8.11. The molecule has 168 valence electrons. The van der Waals surface area contributed by atoms with E-state index in [9.17, 15) is 10.2 Å². The molecule has 0 aliphatic heterocycles. The van der Waals surface area contributed by atoms with Crippen LogP contribution in [0.4, 0.5) is 0 Å². The van der Waals surface area contributed by atoms with Gasteiger partial charge < -0.3 is 10.2 Å². The highest BCUT2D eigenvalue weighted by Gasteiger charge is 2.63. The number of thioether (sulfide) groups is 1. The van der Waals surface area contributed by atoms with Gasteiger partial charge in [0.2, 0.25) is 0 Å². The number of hydrogen-bond acceptors (Lipinski definition) is 4. The number of aryl methyl sites for hydroxylation is 1. The average molecular weight is 440 g/mol. The molecule has 31 heavy (non-hydrogen) atoms. The number of phenols is 1. The summed E-state index contributed by atoms with van der Waals surface area (Å²) in [5, 5.41) is 32.0. The summed E-state index contributed by atoms with van der Waals surface area (Å²) in [5.41, 5.74) is 2.75. The van der Waals surface area contributed by atoms with Gasteiger partial charge in [0.05, 0.1) is 6.10 Å². The van der Waals surface area contributed by atoms with Gasteiger partial charge in [-0.2, -0.15) is 5.26 Å². The van der Waals surface area contributed by atoms with Crippen LogP contribution in [0, 0.1) is 33.3 Å². The second kappa shape index (κ2) is 9.20. The Morgan fingerprint density at radius 1 is 1.26 bits per heavy atom. The van der Waals surface area contributed by atoms with E-state index < -0.39 is 0 Å². The molecule has 1 aromatic rings. The van der Waals surface area contributed by atoms with Crippen molar-refractivity contribution in [2.75, 3.05) is 5.75 Å². The lowest BCUT2D eigenvalue weighted by atomic mass is 9.44. The molecule has 0 radical (unpaired) electrons. The first-order valence-corrected chi connectivity index (χ1v) is 13.1. The molecule has 0 heterocycles. The number of phenolic OH excluding ortho intramolecular Hbond substituents is 1. The zero-order valence-electron chi connectivity index (χ0n) is 18.9. The van der Waals surface area contributed by atoms with E-state index in [0.717, 1.165) is 44.3 Å². The van der Waals surface area contributed by atoms with Crippen molar-refractivity contribution < 1.29 is 10.2 Å². The maximum absolute atomic E-state index is 11.0. The van der Waals surface area contributed by atoms with E-state index >= 15 is 0 Å². The number of thiocyanates is 1. The monoisotopic (exact) mass is 439 g/mol. The summed E-state index contributed by atoms with van der Waals surface area (Å²) < 4.78 is 0. The maximum Gasteiger partial charge on any atom is 0.133 e. The Bertz CT molecular complexity index is 848. The second-order valence-electron chi connectivity index (χ2n) is 10.4. The smallest absolute Gasteiger partial charge is 0.133 e. The predicted octanol–water partition coefficient (Wildman–Crippen LogP) is 6.56. The van der Waals surface area contributed by atoms with Crippen molar-refractivity contribution in [3.63, 3.8) is 0 Å². The summed E-state index contributed by atoms with van der Waals surface area (Å²) in [4.78, 5) is 0. The number of rotatable bonds is 8. The van der Waals surface area contributed by atoms with Crippen molar-refractivity contribution >= 4 is 11.8 Å². The molecule has 0 aromatic heterocycles. The van der Waals surface area contributed by atoms with E-state index in [0.29, 0.717) is 23.5 Å². The topological polar surface area (TPSA) is 64.2 Å². The van der Waals surface area contributed by atoms with Crippen molar-refractivity contribution in [1.29, 1.82) is 5.26 Å². The van der Waals surface area contributed by atoms with Crippen LogP contribution in [-0.4, -0.2) is 22.1 Å². The molecule has 3 nitrogen and oxygen atoms in total. The predicted molar refractivity (Wildman–Crippen MR) is 128 cm³/mol. The Balaban J connectivity index is 1.60. The molecule has 0 saturated heterocycles. The van der Waals surface area contributed by atoms with Crippen LogP contribution in [0.25, 0.3) is 0 Å². The highest BCUT2D eigenvalue weighted by molar-refractivity contribution is 8.03. The van der Waals surface area contributed by atoms with E-state index in [-0.39, 0.29) is 16.9 Å². The van der Waals surface area contributed by atoms with E-state index in [1.807, 2.05) is 12.1 Å². The van der Waals surface area contributed by atoms with Crippen molar-refractivity contribution in [2.24, 2.45) is 22.7 Å². The molecule has 3 aliphatic rings. The number of nitrogens with zero attached hydrogens (tertiary/aromatic N) is 1. The SMILES string of the molecule is C=CC12CCc3cc(O)ccc3[C@H]1[C@@H](CCCCCCSC#N)C[C@]1(C)[C@@H](O)CC[C@@H]21. The zero-order chi connectivity index (χ0) is 22.1. The minimum absolute atomic E-state index is 0.0206. The Hall–Kier alpha value is -1.44. The Kier molecular flexibility index (Phi) is 6.75. The summed E-state index contributed by atoms with van der Waals surface area (Å²) in [6.07, 6.45) is 13.1. The van der Waals surface area contributed by atoms with Crippen LogP contribution in [0.1, 0.15) is 81.8 Å². The third-order valence-electron chi connectivity index (χ3n) is 8.99. The molecule has 0 bridgehead atoms. The third kappa shape index (κ3) is 3.93. The van der Waals surface area contributed by atoms with E-state index in [4.69, 9.17) is 5.26 Å². The first kappa shape index (κ1) is 22.7. The lowest BCUT2D eigenvalue weighted by Crippen LogP contribution is -2.54. The number of aliphatic hydroxyl groups is 1. The Labute approximate surface area is 191 Å². The summed E-state index contributed by atoms with van der Waals surface area (Å²) in [6, 6.07) is 6.01. The standard InChI is InChI=1S/C27H37NO2S/c1-3-27-14-13-19-16-21(29)9-10-22(19)25(27)20(8-6-4-5-7-15-31-18-28)17-26(2)23(27)11-12-24(26)30/h3,9-10,16,20,23-25,29-30H,1,4-8,11-15,17H2,2H3/t20-,23+,24-,25+,26-,27?/m0/s1. The van der Waals surface area contributed by atoms with Crippen LogP contribution in [0.2, 0.25) is 0 Å². The third-order valence-corrected chi connectivity index (χ3v) is 9.61. The second-order valence-corrected chi connectivity index (χ2v) is 11.3. The van der Waals surface area contributed by atoms with Crippen molar-refractivity contribution in [1.82, 2.24) is 0 Å². The Morgan fingerprint density at radius 3 is 2.84 bits per heavy atom. The minimum atomic E-state index is -0.206. The number of aromatic hydroxyl groups is 1. The number of hydrogen-bond donors (Lipinski definition) is 2. The van der Waals surface area contributed by atoms with Crippen LogP contribution < -0.4 is 0 Å². The van der Waals surface area contributed by atoms with Gasteiger partial charge in [-0.1, -0.05) is 38.3 Å². The molecular weight excluding hydrogens is 402 g/mol. The molecule has 2 fully saturated rings. The largest absolute Gasteiger partial charge is 0.508 e. The van der Waals surface area contributed by atoms with E-state index in [1.54, 1.807) is 0 Å². The number of fused-ring (bicyclic) bond motifs is 5. The molecule has 2 saturated carbocycles. The molecule has 3 aliphatic carbocycles. The van der Waals surface area contributed by atoms with Crippen molar-refractivity contribution in [2.45, 2.75) is 83.2 Å². The molecule has 0 amide bonds. The summed E-state index contributed by atoms with van der Waals surface area (Å²) in [7, 11) is 0. The lowest BCUT2D eigenvalue weighted by Gasteiger charge is -2.60. The van der Waals surface area contributed by atoms with Gasteiger partial charge >= 0.3 is 0 Å². The van der Waals surface area contributed by atoms with E-state index in [2.05, 4.69) is 31.0 Å². The van der Waals surface area contributed by atoms with Crippen LogP contribution >= 0.6 is 11.8 Å². The number of allylic oxidation sites excluding steroid dienone is 1. The molecular formula is C27H37NO2S. The van der Waals surface area contributed by atoms with Gasteiger partial charge in [-0.3, -0.25) is 0 Å². The molecule has 2 N–H and O–H groups in total. The fourth-order valence-electron chi connectivity index (χ4n) is 7.67. The molecule has 1 aromatic carbocycles. The first-order valence-electron chi connectivity index (χ1n) is 12.1. The maximum atomic E-state index is 11.0. The van der Waals surface area contributed by atoms with Crippen LogP contribution in [0.3, 0.4) is 0 Å². The van der Waals surface area contributed by atoms with E-state index in [1.165, 1.54) is 48.6 Å². The summed E-state index contributed by atoms with van der Waals surface area (Å²) >= 11 is 1.36. The number of benzene rings is 1.